The van der Waals surface area contributed by atoms with Crippen molar-refractivity contribution in [3.8, 4) is 0 Å². The lowest BCUT2D eigenvalue weighted by Gasteiger charge is -2.14. The highest BCUT2D eigenvalue weighted by Gasteiger charge is 2.16. The van der Waals surface area contributed by atoms with Crippen LogP contribution < -0.4 is 5.32 Å². The van der Waals surface area contributed by atoms with E-state index in [0.717, 1.165) is 11.1 Å². The zero-order valence-electron chi connectivity index (χ0n) is 10.9. The number of aliphatic carboxylic acids is 1. The fraction of sp³-hybridized carbons (Fsp3) is 0.188. The number of carboxylic acid groups (broad SMARTS) is 1. The van der Waals surface area contributed by atoms with E-state index in [1.807, 2.05) is 42.5 Å². The second-order valence-corrected chi connectivity index (χ2v) is 5.02. The highest BCUT2D eigenvalue weighted by molar-refractivity contribution is 6.30. The second-order valence-electron chi connectivity index (χ2n) is 4.59. The third-order valence-electron chi connectivity index (χ3n) is 3.05. The first-order valence-corrected chi connectivity index (χ1v) is 6.77. The molecule has 0 saturated heterocycles. The molecule has 0 spiro atoms. The molecule has 0 aliphatic heterocycles. The fourth-order valence-electron chi connectivity index (χ4n) is 1.94. The van der Waals surface area contributed by atoms with Crippen molar-refractivity contribution in [2.75, 3.05) is 0 Å². The van der Waals surface area contributed by atoms with Crippen molar-refractivity contribution in [2.24, 2.45) is 0 Å². The van der Waals surface area contributed by atoms with Crippen LogP contribution in [-0.4, -0.2) is 17.1 Å². The van der Waals surface area contributed by atoms with E-state index < -0.39 is 12.0 Å². The maximum Gasteiger partial charge on any atom is 0.321 e. The van der Waals surface area contributed by atoms with Crippen molar-refractivity contribution >= 4 is 17.6 Å². The van der Waals surface area contributed by atoms with Gasteiger partial charge in [0.1, 0.15) is 6.04 Å². The van der Waals surface area contributed by atoms with Gasteiger partial charge in [-0.15, -0.1) is 0 Å². The first-order valence-electron chi connectivity index (χ1n) is 6.40. The number of benzene rings is 2. The van der Waals surface area contributed by atoms with Gasteiger partial charge in [0.05, 0.1) is 0 Å². The number of carbonyl (C=O) groups is 1. The molecule has 104 valence electrons. The minimum Gasteiger partial charge on any atom is -0.480 e. The van der Waals surface area contributed by atoms with E-state index in [1.165, 1.54) is 0 Å². The predicted molar refractivity (Wildman–Crippen MR) is 79.9 cm³/mol. The largest absolute Gasteiger partial charge is 0.480 e. The number of rotatable bonds is 6. The van der Waals surface area contributed by atoms with E-state index in [1.54, 1.807) is 12.1 Å². The molecule has 0 aliphatic carbocycles. The molecular formula is C16H16ClNO2. The van der Waals surface area contributed by atoms with Crippen molar-refractivity contribution in [1.82, 2.24) is 5.32 Å². The highest BCUT2D eigenvalue weighted by Crippen LogP contribution is 2.10. The third-order valence-corrected chi connectivity index (χ3v) is 3.30. The van der Waals surface area contributed by atoms with Crippen molar-refractivity contribution in [1.29, 1.82) is 0 Å². The summed E-state index contributed by atoms with van der Waals surface area (Å²) >= 11 is 5.82. The standard InChI is InChI=1S/C16H16ClNO2/c17-14-8-6-13(7-9-14)11-18-15(16(19)20)10-12-4-2-1-3-5-12/h1-9,15,18H,10-11H2,(H,19,20). The molecule has 4 heteroatoms. The Morgan fingerprint density at radius 2 is 1.70 bits per heavy atom. The Balaban J connectivity index is 1.96. The van der Waals surface area contributed by atoms with Gasteiger partial charge < -0.3 is 10.4 Å². The first kappa shape index (κ1) is 14.6. The van der Waals surface area contributed by atoms with Crippen LogP contribution in [0.2, 0.25) is 5.02 Å². The lowest BCUT2D eigenvalue weighted by molar-refractivity contribution is -0.139. The van der Waals surface area contributed by atoms with Crippen molar-refractivity contribution in [3.05, 3.63) is 70.7 Å². The first-order chi connectivity index (χ1) is 9.65. The molecule has 2 N–H and O–H groups in total. The van der Waals surface area contributed by atoms with Crippen LogP contribution in [0.4, 0.5) is 0 Å². The van der Waals surface area contributed by atoms with E-state index in [2.05, 4.69) is 5.32 Å². The van der Waals surface area contributed by atoms with Crippen molar-refractivity contribution < 1.29 is 9.90 Å². The molecular weight excluding hydrogens is 274 g/mol. The van der Waals surface area contributed by atoms with Crippen LogP contribution in [0.5, 0.6) is 0 Å². The van der Waals surface area contributed by atoms with Gasteiger partial charge in [0.15, 0.2) is 0 Å². The maximum atomic E-state index is 11.3. The van der Waals surface area contributed by atoms with Crippen molar-refractivity contribution in [2.45, 2.75) is 19.0 Å². The zero-order valence-corrected chi connectivity index (χ0v) is 11.7. The van der Waals surface area contributed by atoms with E-state index >= 15 is 0 Å². The molecule has 0 bridgehead atoms. The van der Waals surface area contributed by atoms with E-state index in [4.69, 9.17) is 11.6 Å². The Bertz CT molecular complexity index is 554. The van der Waals surface area contributed by atoms with Gasteiger partial charge >= 0.3 is 5.97 Å². The summed E-state index contributed by atoms with van der Waals surface area (Å²) < 4.78 is 0. The summed E-state index contributed by atoms with van der Waals surface area (Å²) in [4.78, 5) is 11.3. The summed E-state index contributed by atoms with van der Waals surface area (Å²) in [6, 6.07) is 16.4. The van der Waals surface area contributed by atoms with Crippen LogP contribution in [0, 0.1) is 0 Å². The molecule has 1 atom stereocenters. The van der Waals surface area contributed by atoms with Gasteiger partial charge in [-0.05, 0) is 29.7 Å². The average Bonchev–Trinajstić information content (AvgIpc) is 2.46. The molecule has 0 amide bonds. The molecule has 20 heavy (non-hydrogen) atoms. The summed E-state index contributed by atoms with van der Waals surface area (Å²) in [5.74, 6) is -0.845. The maximum absolute atomic E-state index is 11.3. The Hall–Kier alpha value is -1.84. The van der Waals surface area contributed by atoms with Crippen LogP contribution in [-0.2, 0) is 17.8 Å². The fourth-order valence-corrected chi connectivity index (χ4v) is 2.07. The molecule has 2 aromatic carbocycles. The molecule has 0 aromatic heterocycles. The summed E-state index contributed by atoms with van der Waals surface area (Å²) in [5, 5.41) is 13.0. The molecule has 0 saturated carbocycles. The molecule has 1 unspecified atom stereocenters. The van der Waals surface area contributed by atoms with Crippen LogP contribution in [0.3, 0.4) is 0 Å². The molecule has 0 fully saturated rings. The second kappa shape index (κ2) is 7.08. The topological polar surface area (TPSA) is 49.3 Å². The predicted octanol–water partition coefficient (Wildman–Crippen LogP) is 3.13. The van der Waals surface area contributed by atoms with Crippen LogP contribution >= 0.6 is 11.6 Å². The van der Waals surface area contributed by atoms with Gasteiger partial charge in [0.2, 0.25) is 0 Å². The van der Waals surface area contributed by atoms with E-state index in [9.17, 15) is 9.90 Å². The minimum atomic E-state index is -0.845. The van der Waals surface area contributed by atoms with E-state index in [-0.39, 0.29) is 0 Å². The molecule has 3 nitrogen and oxygen atoms in total. The van der Waals surface area contributed by atoms with E-state index in [0.29, 0.717) is 18.0 Å². The van der Waals surface area contributed by atoms with Gasteiger partial charge in [-0.1, -0.05) is 54.1 Å². The summed E-state index contributed by atoms with van der Waals surface area (Å²) in [6.07, 6.45) is 0.462. The van der Waals surface area contributed by atoms with Crippen LogP contribution in [0.25, 0.3) is 0 Å². The third kappa shape index (κ3) is 4.37. The zero-order chi connectivity index (χ0) is 14.4. The van der Waals surface area contributed by atoms with Gasteiger partial charge in [0.25, 0.3) is 0 Å². The molecule has 2 aromatic rings. The van der Waals surface area contributed by atoms with Gasteiger partial charge in [0, 0.05) is 11.6 Å². The van der Waals surface area contributed by atoms with Gasteiger partial charge in [-0.3, -0.25) is 4.79 Å². The average molecular weight is 290 g/mol. The van der Waals surface area contributed by atoms with Crippen molar-refractivity contribution in [3.63, 3.8) is 0 Å². The monoisotopic (exact) mass is 289 g/mol. The number of hydrogen-bond donors (Lipinski definition) is 2. The van der Waals surface area contributed by atoms with Gasteiger partial charge in [-0.25, -0.2) is 0 Å². The Labute approximate surface area is 123 Å². The Morgan fingerprint density at radius 3 is 2.30 bits per heavy atom. The number of halogens is 1. The lowest BCUT2D eigenvalue weighted by Crippen LogP contribution is -2.38. The molecule has 2 rings (SSSR count). The van der Waals surface area contributed by atoms with Gasteiger partial charge in [-0.2, -0.15) is 0 Å². The summed E-state index contributed by atoms with van der Waals surface area (Å²) in [7, 11) is 0. The number of hydrogen-bond acceptors (Lipinski definition) is 2. The Kier molecular flexibility index (Phi) is 5.16. The number of nitrogens with one attached hydrogen (secondary N) is 1. The SMILES string of the molecule is O=C(O)C(Cc1ccccc1)NCc1ccc(Cl)cc1. The smallest absolute Gasteiger partial charge is 0.321 e. The van der Waals surface area contributed by atoms with Crippen LogP contribution in [0.15, 0.2) is 54.6 Å². The normalized spacial score (nSPS) is 12.1. The minimum absolute atomic E-state index is 0.462. The van der Waals surface area contributed by atoms with Crippen LogP contribution in [0.1, 0.15) is 11.1 Å². The molecule has 0 aliphatic rings. The quantitative estimate of drug-likeness (QED) is 0.859. The molecule has 0 heterocycles. The lowest BCUT2D eigenvalue weighted by atomic mass is 10.1. The summed E-state index contributed by atoms with van der Waals surface area (Å²) in [6.45, 7) is 0.501. The molecule has 0 radical (unpaired) electrons. The Morgan fingerprint density at radius 1 is 1.05 bits per heavy atom. The highest BCUT2D eigenvalue weighted by atomic mass is 35.5. The number of carboxylic acids is 1. The summed E-state index contributed by atoms with van der Waals surface area (Å²) in [5.41, 5.74) is 2.01.